The summed E-state index contributed by atoms with van der Waals surface area (Å²) >= 11 is 0. The van der Waals surface area contributed by atoms with Crippen LogP contribution in [0.2, 0.25) is 0 Å². The van der Waals surface area contributed by atoms with Crippen LogP contribution in [-0.2, 0) is 6.54 Å². The monoisotopic (exact) mass is 258 g/mol. The average molecular weight is 258 g/mol. The van der Waals surface area contributed by atoms with Gasteiger partial charge in [0, 0.05) is 30.4 Å². The van der Waals surface area contributed by atoms with Gasteiger partial charge in [0.15, 0.2) is 5.78 Å². The van der Waals surface area contributed by atoms with Gasteiger partial charge in [-0.15, -0.1) is 0 Å². The molecule has 0 unspecified atom stereocenters. The maximum atomic E-state index is 11.9. The molecule has 1 aromatic heterocycles. The zero-order valence-electron chi connectivity index (χ0n) is 11.9. The summed E-state index contributed by atoms with van der Waals surface area (Å²) in [4.78, 5) is 11.9. The summed E-state index contributed by atoms with van der Waals surface area (Å²) < 4.78 is 2.09. The molecule has 1 saturated carbocycles. The van der Waals surface area contributed by atoms with Crippen LogP contribution < -0.4 is 0 Å². The van der Waals surface area contributed by atoms with Crippen molar-refractivity contribution in [3.8, 4) is 6.07 Å². The number of carbonyl (C=O) groups excluding carboxylic acids is 1. The molecule has 1 aliphatic rings. The van der Waals surface area contributed by atoms with Crippen molar-refractivity contribution in [3.63, 3.8) is 0 Å². The highest BCUT2D eigenvalue weighted by Gasteiger charge is 2.30. The number of hydrogen-bond donors (Lipinski definition) is 0. The number of nitriles is 1. The lowest BCUT2D eigenvalue weighted by atomic mass is 9.89. The molecular weight excluding hydrogens is 236 g/mol. The molecule has 1 heterocycles. The quantitative estimate of drug-likeness (QED) is 0.551. The molecule has 0 radical (unpaired) electrons. The molecule has 2 rings (SSSR count). The van der Waals surface area contributed by atoms with Gasteiger partial charge in [0.1, 0.15) is 0 Å². The first kappa shape index (κ1) is 13.9. The van der Waals surface area contributed by atoms with E-state index in [1.54, 1.807) is 0 Å². The van der Waals surface area contributed by atoms with Gasteiger partial charge in [0.2, 0.25) is 0 Å². The van der Waals surface area contributed by atoms with E-state index in [0.717, 1.165) is 44.2 Å². The van der Waals surface area contributed by atoms with E-state index in [-0.39, 0.29) is 5.41 Å². The van der Waals surface area contributed by atoms with Crippen LogP contribution in [0.4, 0.5) is 0 Å². The Morgan fingerprint density at radius 1 is 1.47 bits per heavy atom. The van der Waals surface area contributed by atoms with Crippen molar-refractivity contribution in [1.82, 2.24) is 4.57 Å². The molecule has 0 spiro atoms. The lowest BCUT2D eigenvalue weighted by Crippen LogP contribution is -2.08. The molecule has 102 valence electrons. The Hall–Kier alpha value is -1.56. The third-order valence-corrected chi connectivity index (χ3v) is 3.75. The summed E-state index contributed by atoms with van der Waals surface area (Å²) in [7, 11) is 0. The highest BCUT2D eigenvalue weighted by atomic mass is 16.1. The molecule has 0 saturated heterocycles. The zero-order valence-corrected chi connectivity index (χ0v) is 11.9. The largest absolute Gasteiger partial charge is 0.354 e. The summed E-state index contributed by atoms with van der Waals surface area (Å²) in [6, 6.07) is 4.26. The second-order valence-corrected chi connectivity index (χ2v) is 6.23. The number of hydrogen-bond acceptors (Lipinski definition) is 2. The van der Waals surface area contributed by atoms with E-state index in [4.69, 9.17) is 5.26 Å². The smallest absolute Gasteiger partial charge is 0.167 e. The van der Waals surface area contributed by atoms with Crippen LogP contribution in [0.5, 0.6) is 0 Å². The van der Waals surface area contributed by atoms with Gasteiger partial charge in [-0.1, -0.05) is 6.42 Å². The topological polar surface area (TPSA) is 45.8 Å². The predicted molar refractivity (Wildman–Crippen MR) is 74.7 cm³/mol. The van der Waals surface area contributed by atoms with Crippen LogP contribution >= 0.6 is 0 Å². The molecule has 0 aliphatic heterocycles. The Labute approximate surface area is 115 Å². The number of Topliss-reactive ketones (excluding diaryl/α,β-unsaturated/α-hetero) is 1. The highest BCUT2D eigenvalue weighted by molar-refractivity contribution is 5.99. The van der Waals surface area contributed by atoms with Crippen molar-refractivity contribution in [2.75, 3.05) is 0 Å². The summed E-state index contributed by atoms with van der Waals surface area (Å²) in [5.74, 6) is 0.608. The number of unbranched alkanes of at least 4 members (excludes halogenated alkanes) is 1. The Morgan fingerprint density at radius 2 is 2.21 bits per heavy atom. The van der Waals surface area contributed by atoms with E-state index in [1.807, 2.05) is 32.3 Å². The number of ketones is 1. The van der Waals surface area contributed by atoms with Crippen molar-refractivity contribution >= 4 is 5.78 Å². The van der Waals surface area contributed by atoms with E-state index >= 15 is 0 Å². The molecule has 0 bridgehead atoms. The fourth-order valence-electron chi connectivity index (χ4n) is 2.22. The number of aromatic nitrogens is 1. The fourth-order valence-corrected chi connectivity index (χ4v) is 2.22. The van der Waals surface area contributed by atoms with Crippen LogP contribution in [0, 0.1) is 22.7 Å². The summed E-state index contributed by atoms with van der Waals surface area (Å²) in [5, 5.41) is 8.94. The van der Waals surface area contributed by atoms with Crippen LogP contribution in [0.15, 0.2) is 18.5 Å². The molecule has 0 aromatic carbocycles. The van der Waals surface area contributed by atoms with Crippen LogP contribution in [0.25, 0.3) is 0 Å². The summed E-state index contributed by atoms with van der Waals surface area (Å²) in [6.07, 6.45) is 9.11. The van der Waals surface area contributed by atoms with E-state index in [1.165, 1.54) is 0 Å². The Morgan fingerprint density at radius 3 is 2.84 bits per heavy atom. The molecule has 0 atom stereocenters. The molecule has 1 aliphatic carbocycles. The molecule has 3 nitrogen and oxygen atoms in total. The van der Waals surface area contributed by atoms with Crippen molar-refractivity contribution in [3.05, 3.63) is 24.0 Å². The van der Waals surface area contributed by atoms with Gasteiger partial charge < -0.3 is 4.57 Å². The third-order valence-electron chi connectivity index (χ3n) is 3.75. The Balaban J connectivity index is 1.75. The number of carbonyl (C=O) groups is 1. The second-order valence-electron chi connectivity index (χ2n) is 6.23. The normalized spacial score (nSPS) is 15.2. The molecule has 0 N–H and O–H groups in total. The minimum Gasteiger partial charge on any atom is -0.354 e. The maximum absolute atomic E-state index is 11.9. The van der Waals surface area contributed by atoms with E-state index in [0.29, 0.717) is 11.7 Å². The molecular formula is C16H22N2O. The van der Waals surface area contributed by atoms with Gasteiger partial charge in [0.25, 0.3) is 0 Å². The van der Waals surface area contributed by atoms with Crippen molar-refractivity contribution < 1.29 is 4.79 Å². The van der Waals surface area contributed by atoms with E-state index < -0.39 is 0 Å². The second kappa shape index (κ2) is 5.61. The van der Waals surface area contributed by atoms with Crippen LogP contribution in [0.1, 0.15) is 56.3 Å². The Bertz CT molecular complexity index is 489. The van der Waals surface area contributed by atoms with Gasteiger partial charge in [-0.25, -0.2) is 0 Å². The minimum atomic E-state index is -0.218. The van der Waals surface area contributed by atoms with Gasteiger partial charge in [-0.3, -0.25) is 4.79 Å². The lowest BCUT2D eigenvalue weighted by molar-refractivity contribution is 0.0967. The molecule has 1 fully saturated rings. The fraction of sp³-hybridized carbons (Fsp3) is 0.625. The minimum absolute atomic E-state index is 0.218. The molecule has 19 heavy (non-hydrogen) atoms. The van der Waals surface area contributed by atoms with E-state index in [9.17, 15) is 4.79 Å². The maximum Gasteiger partial charge on any atom is 0.167 e. The molecule has 1 aromatic rings. The van der Waals surface area contributed by atoms with Gasteiger partial charge >= 0.3 is 0 Å². The number of nitrogens with zero attached hydrogens (tertiary/aromatic N) is 2. The Kier molecular flexibility index (Phi) is 4.09. The number of aryl methyl sites for hydroxylation is 1. The zero-order chi connectivity index (χ0) is 13.9. The molecule has 3 heteroatoms. The van der Waals surface area contributed by atoms with Gasteiger partial charge in [0.05, 0.1) is 11.5 Å². The third kappa shape index (κ3) is 3.96. The first-order valence-electron chi connectivity index (χ1n) is 7.13. The first-order chi connectivity index (χ1) is 9.02. The summed E-state index contributed by atoms with van der Waals surface area (Å²) in [6.45, 7) is 4.89. The molecule has 0 amide bonds. The van der Waals surface area contributed by atoms with Gasteiger partial charge in [-0.2, -0.15) is 5.26 Å². The number of rotatable bonds is 7. The van der Waals surface area contributed by atoms with Crippen LogP contribution in [-0.4, -0.2) is 10.4 Å². The SMILES string of the molecule is CC(C)(C#N)CCCCn1ccc(C(=O)C2CC2)c1. The first-order valence-corrected chi connectivity index (χ1v) is 7.13. The highest BCUT2D eigenvalue weighted by Crippen LogP contribution is 2.32. The van der Waals surface area contributed by atoms with Gasteiger partial charge in [-0.05, 0) is 45.6 Å². The summed E-state index contributed by atoms with van der Waals surface area (Å²) in [5.41, 5.74) is 0.643. The lowest BCUT2D eigenvalue weighted by Gasteiger charge is -2.14. The van der Waals surface area contributed by atoms with Crippen LogP contribution in [0.3, 0.4) is 0 Å². The van der Waals surface area contributed by atoms with E-state index in [2.05, 4.69) is 10.6 Å². The van der Waals surface area contributed by atoms with Crippen molar-refractivity contribution in [1.29, 1.82) is 5.26 Å². The van der Waals surface area contributed by atoms with Crippen molar-refractivity contribution in [2.24, 2.45) is 11.3 Å². The average Bonchev–Trinajstić information content (AvgIpc) is 3.13. The standard InChI is InChI=1S/C16H22N2O/c1-16(2,12-17)8-3-4-9-18-10-7-14(11-18)15(19)13-5-6-13/h7,10-11,13H,3-6,8-9H2,1-2H3. The predicted octanol–water partition coefficient (Wildman–Crippen LogP) is 3.80. The van der Waals surface area contributed by atoms with Crippen molar-refractivity contribution in [2.45, 2.75) is 52.5 Å².